The normalized spacial score (nSPS) is 11.5. The molecule has 0 N–H and O–H groups in total. The number of rotatable bonds is 5. The maximum atomic E-state index is 11.6. The van der Waals surface area contributed by atoms with Crippen molar-refractivity contribution in [1.82, 2.24) is 4.90 Å². The van der Waals surface area contributed by atoms with E-state index in [0.717, 1.165) is 0 Å². The quantitative estimate of drug-likeness (QED) is 0.746. The number of Topliss-reactive ketones (excluding diaryl/α,β-unsaturated/α-hetero) is 1. The molecule has 0 atom stereocenters. The van der Waals surface area contributed by atoms with Gasteiger partial charge in [0.05, 0.1) is 0 Å². The zero-order valence-electron chi connectivity index (χ0n) is 11.9. The third-order valence-corrected chi connectivity index (χ3v) is 2.27. The molecule has 0 rings (SSSR count). The molecule has 0 aliphatic rings. The minimum atomic E-state index is -0.473. The Bertz CT molecular complexity index is 266. The van der Waals surface area contributed by atoms with Crippen molar-refractivity contribution in [1.29, 1.82) is 0 Å². The molecule has 0 fully saturated rings. The highest BCUT2D eigenvalue weighted by molar-refractivity contribution is 5.80. The molecule has 1 amide bonds. The van der Waals surface area contributed by atoms with E-state index >= 15 is 0 Å². The molecule has 17 heavy (non-hydrogen) atoms. The van der Waals surface area contributed by atoms with Gasteiger partial charge < -0.3 is 9.64 Å². The van der Waals surface area contributed by atoms with Gasteiger partial charge in [-0.15, -0.1) is 0 Å². The Morgan fingerprint density at radius 2 is 1.76 bits per heavy atom. The van der Waals surface area contributed by atoms with Crippen LogP contribution in [0.3, 0.4) is 0 Å². The summed E-state index contributed by atoms with van der Waals surface area (Å²) in [7, 11) is 1.69. The SMILES string of the molecule is CC(C)C(=O)CCCN(C)C(=O)OC(C)(C)C. The zero-order valence-corrected chi connectivity index (χ0v) is 11.9. The van der Waals surface area contributed by atoms with E-state index in [1.165, 1.54) is 4.90 Å². The molecule has 0 aliphatic carbocycles. The molecule has 100 valence electrons. The first-order valence-corrected chi connectivity index (χ1v) is 6.10. The predicted molar refractivity (Wildman–Crippen MR) is 67.9 cm³/mol. The first kappa shape index (κ1) is 15.9. The van der Waals surface area contributed by atoms with Gasteiger partial charge in [-0.1, -0.05) is 13.8 Å². The molecule has 0 aliphatic heterocycles. The van der Waals surface area contributed by atoms with Crippen molar-refractivity contribution in [2.45, 2.75) is 53.1 Å². The summed E-state index contributed by atoms with van der Waals surface area (Å²) in [5, 5.41) is 0. The van der Waals surface area contributed by atoms with Crippen LogP contribution in [0.5, 0.6) is 0 Å². The van der Waals surface area contributed by atoms with E-state index < -0.39 is 5.60 Å². The van der Waals surface area contributed by atoms with Crippen LogP contribution < -0.4 is 0 Å². The minimum absolute atomic E-state index is 0.0711. The Hall–Kier alpha value is -1.06. The third-order valence-electron chi connectivity index (χ3n) is 2.27. The van der Waals surface area contributed by atoms with E-state index in [4.69, 9.17) is 4.74 Å². The molecule has 0 spiro atoms. The average Bonchev–Trinajstić information content (AvgIpc) is 2.14. The van der Waals surface area contributed by atoms with Gasteiger partial charge in [0.15, 0.2) is 0 Å². The summed E-state index contributed by atoms with van der Waals surface area (Å²) in [4.78, 5) is 24.5. The first-order chi connectivity index (χ1) is 7.63. The van der Waals surface area contributed by atoms with Crippen LogP contribution in [0.25, 0.3) is 0 Å². The lowest BCUT2D eigenvalue weighted by molar-refractivity contribution is -0.122. The van der Waals surface area contributed by atoms with Gasteiger partial charge in [-0.05, 0) is 27.2 Å². The molecule has 0 saturated heterocycles. The molecule has 0 aromatic carbocycles. The molecular formula is C13H25NO3. The van der Waals surface area contributed by atoms with Gasteiger partial charge >= 0.3 is 6.09 Å². The highest BCUT2D eigenvalue weighted by Gasteiger charge is 2.19. The Balaban J connectivity index is 3.91. The zero-order chi connectivity index (χ0) is 13.6. The van der Waals surface area contributed by atoms with Crippen LogP contribution in [-0.4, -0.2) is 36.0 Å². The summed E-state index contributed by atoms with van der Waals surface area (Å²) in [6, 6.07) is 0. The molecule has 4 heteroatoms. The van der Waals surface area contributed by atoms with E-state index in [1.807, 2.05) is 34.6 Å². The summed E-state index contributed by atoms with van der Waals surface area (Å²) in [5.74, 6) is 0.310. The van der Waals surface area contributed by atoms with Crippen LogP contribution in [0.15, 0.2) is 0 Å². The van der Waals surface area contributed by atoms with Crippen molar-refractivity contribution in [2.75, 3.05) is 13.6 Å². The lowest BCUT2D eigenvalue weighted by Crippen LogP contribution is -2.34. The lowest BCUT2D eigenvalue weighted by atomic mass is 10.0. The second-order valence-corrected chi connectivity index (χ2v) is 5.63. The van der Waals surface area contributed by atoms with Crippen LogP contribution in [0.1, 0.15) is 47.5 Å². The predicted octanol–water partition coefficient (Wildman–Crippen LogP) is 2.86. The number of hydrogen-bond acceptors (Lipinski definition) is 3. The van der Waals surface area contributed by atoms with Crippen LogP contribution in [0, 0.1) is 5.92 Å². The molecule has 0 radical (unpaired) electrons. The maximum Gasteiger partial charge on any atom is 0.410 e. The van der Waals surface area contributed by atoms with E-state index in [0.29, 0.717) is 19.4 Å². The van der Waals surface area contributed by atoms with Crippen LogP contribution in [0.4, 0.5) is 4.79 Å². The number of hydrogen-bond donors (Lipinski definition) is 0. The van der Waals surface area contributed by atoms with Gasteiger partial charge in [0.1, 0.15) is 11.4 Å². The minimum Gasteiger partial charge on any atom is -0.444 e. The average molecular weight is 243 g/mol. The number of carbonyl (C=O) groups excluding carboxylic acids is 2. The highest BCUT2D eigenvalue weighted by atomic mass is 16.6. The van der Waals surface area contributed by atoms with E-state index in [1.54, 1.807) is 7.05 Å². The molecule has 0 aromatic rings. The van der Waals surface area contributed by atoms with Crippen molar-refractivity contribution in [3.05, 3.63) is 0 Å². The van der Waals surface area contributed by atoms with Crippen molar-refractivity contribution < 1.29 is 14.3 Å². The molecule has 0 saturated carbocycles. The Morgan fingerprint density at radius 3 is 2.18 bits per heavy atom. The monoisotopic (exact) mass is 243 g/mol. The van der Waals surface area contributed by atoms with Crippen molar-refractivity contribution in [3.63, 3.8) is 0 Å². The van der Waals surface area contributed by atoms with E-state index in [-0.39, 0.29) is 17.8 Å². The van der Waals surface area contributed by atoms with Crippen molar-refractivity contribution >= 4 is 11.9 Å². The summed E-state index contributed by atoms with van der Waals surface area (Å²) in [5.41, 5.74) is -0.473. The standard InChI is InChI=1S/C13H25NO3/c1-10(2)11(15)8-7-9-14(6)12(16)17-13(3,4)5/h10H,7-9H2,1-6H3. The topological polar surface area (TPSA) is 46.6 Å². The van der Waals surface area contributed by atoms with Crippen molar-refractivity contribution in [2.24, 2.45) is 5.92 Å². The van der Waals surface area contributed by atoms with E-state index in [2.05, 4.69) is 0 Å². The van der Waals surface area contributed by atoms with Gasteiger partial charge in [-0.25, -0.2) is 4.79 Å². The summed E-state index contributed by atoms with van der Waals surface area (Å²) in [6.07, 6.45) is 0.867. The largest absolute Gasteiger partial charge is 0.444 e. The van der Waals surface area contributed by atoms with Crippen LogP contribution in [0.2, 0.25) is 0 Å². The number of carbonyl (C=O) groups is 2. The summed E-state index contributed by atoms with van der Waals surface area (Å²) >= 11 is 0. The van der Waals surface area contributed by atoms with Gasteiger partial charge in [-0.2, -0.15) is 0 Å². The van der Waals surface area contributed by atoms with Crippen LogP contribution >= 0.6 is 0 Å². The Morgan fingerprint density at radius 1 is 1.24 bits per heavy atom. The molecule has 0 aromatic heterocycles. The van der Waals surface area contributed by atoms with Gasteiger partial charge in [0.25, 0.3) is 0 Å². The molecular weight excluding hydrogens is 218 g/mol. The second kappa shape index (κ2) is 6.62. The number of ketones is 1. The highest BCUT2D eigenvalue weighted by Crippen LogP contribution is 2.10. The molecule has 0 heterocycles. The fourth-order valence-corrected chi connectivity index (χ4v) is 1.21. The summed E-state index contributed by atoms with van der Waals surface area (Å²) in [6.45, 7) is 9.83. The lowest BCUT2D eigenvalue weighted by Gasteiger charge is -2.24. The number of nitrogens with zero attached hydrogens (tertiary/aromatic N) is 1. The Labute approximate surface area is 104 Å². The fraction of sp³-hybridized carbons (Fsp3) is 0.846. The van der Waals surface area contributed by atoms with Gasteiger partial charge in [-0.3, -0.25) is 4.79 Å². The van der Waals surface area contributed by atoms with Crippen LogP contribution in [-0.2, 0) is 9.53 Å². The molecule has 0 unspecified atom stereocenters. The fourth-order valence-electron chi connectivity index (χ4n) is 1.21. The second-order valence-electron chi connectivity index (χ2n) is 5.63. The number of ether oxygens (including phenoxy) is 1. The smallest absolute Gasteiger partial charge is 0.410 e. The molecule has 4 nitrogen and oxygen atoms in total. The number of amides is 1. The third kappa shape index (κ3) is 7.77. The maximum absolute atomic E-state index is 11.6. The summed E-state index contributed by atoms with van der Waals surface area (Å²) < 4.78 is 5.21. The van der Waals surface area contributed by atoms with E-state index in [9.17, 15) is 9.59 Å². The van der Waals surface area contributed by atoms with Crippen molar-refractivity contribution in [3.8, 4) is 0 Å². The Kier molecular flexibility index (Phi) is 6.21. The van der Waals surface area contributed by atoms with Gasteiger partial charge in [0.2, 0.25) is 0 Å². The molecule has 0 bridgehead atoms. The first-order valence-electron chi connectivity index (χ1n) is 6.10. The van der Waals surface area contributed by atoms with Gasteiger partial charge in [0, 0.05) is 25.9 Å².